The quantitative estimate of drug-likeness (QED) is 0.754. The van der Waals surface area contributed by atoms with E-state index in [-0.39, 0.29) is 11.1 Å². The van der Waals surface area contributed by atoms with Crippen LogP contribution in [0, 0.1) is 0 Å². The van der Waals surface area contributed by atoms with Crippen LogP contribution in [0.5, 0.6) is 0 Å². The number of carbonyl (C=O) groups excluding carboxylic acids is 1. The number of halogens is 1. The standard InChI is InChI=1S/C14H10ClN5O/c15-13-9-10(5-6-16-13)14(21)18-11-3-1-2-4-12(11)20-8-7-17-19-20/h1-9H,(H,18,21). The Morgan fingerprint density at radius 2 is 2.05 bits per heavy atom. The van der Waals surface area contributed by atoms with E-state index in [0.717, 1.165) is 5.69 Å². The molecule has 2 heterocycles. The van der Waals surface area contributed by atoms with Gasteiger partial charge in [-0.25, -0.2) is 9.67 Å². The molecule has 7 heteroatoms. The van der Waals surface area contributed by atoms with Crippen LogP contribution >= 0.6 is 11.6 Å². The number of pyridine rings is 1. The van der Waals surface area contributed by atoms with Gasteiger partial charge < -0.3 is 5.32 Å². The molecule has 3 rings (SSSR count). The second-order valence-electron chi connectivity index (χ2n) is 4.19. The van der Waals surface area contributed by atoms with Gasteiger partial charge in [-0.1, -0.05) is 28.9 Å². The van der Waals surface area contributed by atoms with Crippen LogP contribution in [0.1, 0.15) is 10.4 Å². The van der Waals surface area contributed by atoms with Gasteiger partial charge in [-0.3, -0.25) is 4.79 Å². The molecule has 104 valence electrons. The lowest BCUT2D eigenvalue weighted by atomic mass is 10.2. The molecule has 1 amide bonds. The number of aromatic nitrogens is 4. The molecule has 0 atom stereocenters. The van der Waals surface area contributed by atoms with Crippen LogP contribution in [-0.2, 0) is 0 Å². The Kier molecular flexibility index (Phi) is 3.61. The molecule has 0 bridgehead atoms. The summed E-state index contributed by atoms with van der Waals surface area (Å²) in [6.07, 6.45) is 4.76. The van der Waals surface area contributed by atoms with E-state index in [1.165, 1.54) is 12.3 Å². The van der Waals surface area contributed by atoms with Crippen LogP contribution in [0.25, 0.3) is 5.69 Å². The fraction of sp³-hybridized carbons (Fsp3) is 0. The molecule has 0 aliphatic heterocycles. The highest BCUT2D eigenvalue weighted by atomic mass is 35.5. The van der Waals surface area contributed by atoms with Gasteiger partial charge in [0.05, 0.1) is 23.8 Å². The van der Waals surface area contributed by atoms with Crippen molar-refractivity contribution in [2.24, 2.45) is 0 Å². The molecule has 0 aliphatic carbocycles. The van der Waals surface area contributed by atoms with Crippen molar-refractivity contribution >= 4 is 23.2 Å². The first kappa shape index (κ1) is 13.3. The number of hydrogen-bond donors (Lipinski definition) is 1. The number of nitrogens with zero attached hydrogens (tertiary/aromatic N) is 4. The first-order valence-corrected chi connectivity index (χ1v) is 6.50. The number of para-hydroxylation sites is 2. The number of benzene rings is 1. The molecule has 3 aromatic rings. The summed E-state index contributed by atoms with van der Waals surface area (Å²) in [5, 5.41) is 10.8. The lowest BCUT2D eigenvalue weighted by molar-refractivity contribution is 0.102. The van der Waals surface area contributed by atoms with E-state index >= 15 is 0 Å². The van der Waals surface area contributed by atoms with Crippen molar-refractivity contribution in [3.63, 3.8) is 0 Å². The molecular weight excluding hydrogens is 290 g/mol. The maximum absolute atomic E-state index is 12.2. The summed E-state index contributed by atoms with van der Waals surface area (Å²) < 4.78 is 1.58. The molecule has 0 spiro atoms. The molecule has 2 aromatic heterocycles. The van der Waals surface area contributed by atoms with Gasteiger partial charge in [0.15, 0.2) is 0 Å². The fourth-order valence-corrected chi connectivity index (χ4v) is 2.03. The highest BCUT2D eigenvalue weighted by Crippen LogP contribution is 2.19. The van der Waals surface area contributed by atoms with Crippen molar-refractivity contribution in [2.75, 3.05) is 5.32 Å². The minimum absolute atomic E-state index is 0.271. The SMILES string of the molecule is O=C(Nc1ccccc1-n1ccnn1)c1ccnc(Cl)c1. The number of nitrogens with one attached hydrogen (secondary N) is 1. The van der Waals surface area contributed by atoms with E-state index in [0.29, 0.717) is 11.3 Å². The minimum atomic E-state index is -0.271. The average Bonchev–Trinajstić information content (AvgIpc) is 3.02. The summed E-state index contributed by atoms with van der Waals surface area (Å²) in [6.45, 7) is 0. The predicted molar refractivity (Wildman–Crippen MR) is 78.6 cm³/mol. The number of anilines is 1. The van der Waals surface area contributed by atoms with Crippen molar-refractivity contribution in [3.05, 3.63) is 65.7 Å². The smallest absolute Gasteiger partial charge is 0.255 e. The maximum atomic E-state index is 12.2. The van der Waals surface area contributed by atoms with Crippen LogP contribution in [0.2, 0.25) is 5.15 Å². The van der Waals surface area contributed by atoms with E-state index in [2.05, 4.69) is 20.6 Å². The van der Waals surface area contributed by atoms with Gasteiger partial charge in [-0.2, -0.15) is 0 Å². The summed E-state index contributed by atoms with van der Waals surface area (Å²) in [5.41, 5.74) is 1.79. The van der Waals surface area contributed by atoms with Crippen LogP contribution in [0.3, 0.4) is 0 Å². The molecule has 0 aliphatic rings. The molecule has 0 saturated heterocycles. The second kappa shape index (κ2) is 5.72. The summed E-state index contributed by atoms with van der Waals surface area (Å²) in [5.74, 6) is -0.271. The van der Waals surface area contributed by atoms with E-state index in [9.17, 15) is 4.79 Å². The summed E-state index contributed by atoms with van der Waals surface area (Å²) in [6, 6.07) is 10.4. The highest BCUT2D eigenvalue weighted by Gasteiger charge is 2.11. The first-order chi connectivity index (χ1) is 10.2. The number of rotatable bonds is 3. The van der Waals surface area contributed by atoms with Gasteiger partial charge in [-0.15, -0.1) is 5.10 Å². The first-order valence-electron chi connectivity index (χ1n) is 6.12. The van der Waals surface area contributed by atoms with E-state index in [4.69, 9.17) is 11.6 Å². The Hall–Kier alpha value is -2.73. The molecule has 21 heavy (non-hydrogen) atoms. The van der Waals surface area contributed by atoms with Crippen LogP contribution in [0.15, 0.2) is 55.0 Å². The van der Waals surface area contributed by atoms with Crippen molar-refractivity contribution < 1.29 is 4.79 Å². The predicted octanol–water partition coefficient (Wildman–Crippen LogP) is 2.57. The lowest BCUT2D eigenvalue weighted by Crippen LogP contribution is -2.14. The van der Waals surface area contributed by atoms with Gasteiger partial charge in [-0.05, 0) is 24.3 Å². The molecule has 0 radical (unpaired) electrons. The maximum Gasteiger partial charge on any atom is 0.255 e. The van der Waals surface area contributed by atoms with Crippen molar-refractivity contribution in [1.29, 1.82) is 0 Å². The number of hydrogen-bond acceptors (Lipinski definition) is 4. The lowest BCUT2D eigenvalue weighted by Gasteiger charge is -2.10. The normalized spacial score (nSPS) is 10.3. The van der Waals surface area contributed by atoms with E-state index < -0.39 is 0 Å². The molecule has 1 N–H and O–H groups in total. The van der Waals surface area contributed by atoms with E-state index in [1.807, 2.05) is 18.2 Å². The minimum Gasteiger partial charge on any atom is -0.320 e. The van der Waals surface area contributed by atoms with Gasteiger partial charge in [0.2, 0.25) is 0 Å². The third-order valence-corrected chi connectivity index (χ3v) is 3.02. The average molecular weight is 300 g/mol. The van der Waals surface area contributed by atoms with Crippen LogP contribution < -0.4 is 5.32 Å². The zero-order chi connectivity index (χ0) is 14.7. The highest BCUT2D eigenvalue weighted by molar-refractivity contribution is 6.29. The zero-order valence-corrected chi connectivity index (χ0v) is 11.5. The molecular formula is C14H10ClN5O. The molecule has 0 unspecified atom stereocenters. The fourth-order valence-electron chi connectivity index (χ4n) is 1.85. The third-order valence-electron chi connectivity index (χ3n) is 2.81. The van der Waals surface area contributed by atoms with Crippen LogP contribution in [0.4, 0.5) is 5.69 Å². The van der Waals surface area contributed by atoms with Crippen molar-refractivity contribution in [1.82, 2.24) is 20.0 Å². The molecule has 1 aromatic carbocycles. The van der Waals surface area contributed by atoms with Crippen LogP contribution in [-0.4, -0.2) is 25.9 Å². The molecule has 6 nitrogen and oxygen atoms in total. The third kappa shape index (κ3) is 2.90. The van der Waals surface area contributed by atoms with E-state index in [1.54, 1.807) is 29.2 Å². The largest absolute Gasteiger partial charge is 0.320 e. The monoisotopic (exact) mass is 299 g/mol. The summed E-state index contributed by atoms with van der Waals surface area (Å²) in [7, 11) is 0. The van der Waals surface area contributed by atoms with Gasteiger partial charge in [0, 0.05) is 11.8 Å². The Balaban J connectivity index is 1.90. The number of amides is 1. The van der Waals surface area contributed by atoms with Gasteiger partial charge >= 0.3 is 0 Å². The molecule has 0 fully saturated rings. The second-order valence-corrected chi connectivity index (χ2v) is 4.57. The number of carbonyl (C=O) groups is 1. The van der Waals surface area contributed by atoms with Gasteiger partial charge in [0.25, 0.3) is 5.91 Å². The Morgan fingerprint density at radius 1 is 1.19 bits per heavy atom. The Bertz CT molecular complexity index is 773. The Labute approximate surface area is 125 Å². The van der Waals surface area contributed by atoms with Gasteiger partial charge in [0.1, 0.15) is 5.15 Å². The summed E-state index contributed by atoms with van der Waals surface area (Å²) in [4.78, 5) is 16.1. The summed E-state index contributed by atoms with van der Waals surface area (Å²) >= 11 is 5.79. The zero-order valence-electron chi connectivity index (χ0n) is 10.8. The molecule has 0 saturated carbocycles. The Morgan fingerprint density at radius 3 is 2.81 bits per heavy atom. The topological polar surface area (TPSA) is 72.7 Å². The van der Waals surface area contributed by atoms with Crippen molar-refractivity contribution in [3.8, 4) is 5.69 Å². The van der Waals surface area contributed by atoms with Crippen molar-refractivity contribution in [2.45, 2.75) is 0 Å².